The molecule has 0 aliphatic carbocycles. The van der Waals surface area contributed by atoms with Gasteiger partial charge in [0.25, 0.3) is 0 Å². The van der Waals surface area contributed by atoms with Gasteiger partial charge in [-0.3, -0.25) is 0 Å². The molecule has 0 aromatic heterocycles. The Labute approximate surface area is 118 Å². The van der Waals surface area contributed by atoms with Crippen molar-refractivity contribution in [3.8, 4) is 5.75 Å². The number of carbonyl (C=O) groups is 1. The predicted molar refractivity (Wildman–Crippen MR) is 77.4 cm³/mol. The Hall–Kier alpha value is -1.71. The van der Waals surface area contributed by atoms with E-state index < -0.39 is 5.97 Å². The predicted octanol–water partition coefficient (Wildman–Crippen LogP) is 3.77. The number of nitrogens with zero attached hydrogens (tertiary/aromatic N) is 1. The Morgan fingerprint density at radius 2 is 1.95 bits per heavy atom. The molecule has 0 atom stereocenters. The van der Waals surface area contributed by atoms with Gasteiger partial charge in [-0.1, -0.05) is 6.07 Å². The lowest BCUT2D eigenvalue weighted by Gasteiger charge is -2.16. The Kier molecular flexibility index (Phi) is 5.67. The van der Waals surface area contributed by atoms with Gasteiger partial charge in [-0.2, -0.15) is 4.99 Å². The topological polar surface area (TPSA) is 47.9 Å². The fourth-order valence-corrected chi connectivity index (χ4v) is 1.56. The summed E-state index contributed by atoms with van der Waals surface area (Å²) in [5, 5.41) is 2.28. The van der Waals surface area contributed by atoms with Crippen molar-refractivity contribution >= 4 is 29.0 Å². The summed E-state index contributed by atoms with van der Waals surface area (Å²) in [6, 6.07) is 5.06. The molecular weight excluding hydrogens is 262 g/mol. The summed E-state index contributed by atoms with van der Waals surface area (Å²) in [4.78, 5) is 15.9. The molecule has 0 spiro atoms. The molecule has 4 nitrogen and oxygen atoms in total. The number of rotatable bonds is 5. The fraction of sp³-hybridized carbons (Fsp3) is 0.429. The first-order valence-electron chi connectivity index (χ1n) is 6.04. The van der Waals surface area contributed by atoms with E-state index in [2.05, 4.69) is 22.4 Å². The van der Waals surface area contributed by atoms with Gasteiger partial charge in [0.1, 0.15) is 11.3 Å². The van der Waals surface area contributed by atoms with E-state index in [4.69, 9.17) is 9.47 Å². The second-order valence-electron chi connectivity index (χ2n) is 4.48. The van der Waals surface area contributed by atoms with Crippen LogP contribution in [0.2, 0.25) is 0 Å². The number of para-hydroxylation sites is 1. The summed E-state index contributed by atoms with van der Waals surface area (Å²) >= 11 is 4.60. The largest absolute Gasteiger partial charge is 0.488 e. The van der Waals surface area contributed by atoms with Gasteiger partial charge >= 0.3 is 5.97 Å². The molecule has 5 heteroatoms. The number of isothiocyanates is 1. The first-order chi connectivity index (χ1) is 8.95. The van der Waals surface area contributed by atoms with Gasteiger partial charge in [0.2, 0.25) is 0 Å². The molecule has 0 saturated carbocycles. The van der Waals surface area contributed by atoms with Crippen molar-refractivity contribution in [1.29, 1.82) is 0 Å². The Balaban J connectivity index is 3.25. The third-order valence-electron chi connectivity index (χ3n) is 2.08. The lowest BCUT2D eigenvalue weighted by Crippen LogP contribution is -2.15. The number of thiocarbonyl (C=S) groups is 1. The molecule has 0 heterocycles. The van der Waals surface area contributed by atoms with Crippen LogP contribution in [-0.4, -0.2) is 23.3 Å². The normalized spacial score (nSPS) is 10.2. The van der Waals surface area contributed by atoms with Gasteiger partial charge < -0.3 is 9.47 Å². The van der Waals surface area contributed by atoms with Gasteiger partial charge in [-0.25, -0.2) is 4.79 Å². The van der Waals surface area contributed by atoms with Gasteiger partial charge in [-0.15, -0.1) is 0 Å². The zero-order chi connectivity index (χ0) is 14.4. The van der Waals surface area contributed by atoms with Crippen molar-refractivity contribution in [1.82, 2.24) is 0 Å². The first-order valence-corrected chi connectivity index (χ1v) is 6.45. The summed E-state index contributed by atoms with van der Waals surface area (Å²) in [6.07, 6.45) is -0.288. The highest BCUT2D eigenvalue weighted by Gasteiger charge is 2.19. The van der Waals surface area contributed by atoms with Crippen LogP contribution < -0.4 is 4.74 Å². The number of ether oxygens (including phenoxy) is 2. The molecule has 0 aliphatic rings. The SMILES string of the molecule is CC(C)OC(=O)c1cccc(N=C=S)c1OC(C)C. The van der Waals surface area contributed by atoms with E-state index in [0.29, 0.717) is 17.0 Å². The third-order valence-corrected chi connectivity index (χ3v) is 2.17. The Bertz CT molecular complexity index is 505. The molecule has 0 amide bonds. The smallest absolute Gasteiger partial charge is 0.342 e. The number of benzene rings is 1. The lowest BCUT2D eigenvalue weighted by molar-refractivity contribution is 0.0372. The summed E-state index contributed by atoms with van der Waals surface area (Å²) in [6.45, 7) is 7.32. The summed E-state index contributed by atoms with van der Waals surface area (Å²) in [5.74, 6) is -0.0624. The van der Waals surface area contributed by atoms with E-state index in [-0.39, 0.29) is 12.2 Å². The molecule has 19 heavy (non-hydrogen) atoms. The van der Waals surface area contributed by atoms with Crippen LogP contribution in [-0.2, 0) is 4.74 Å². The lowest BCUT2D eigenvalue weighted by atomic mass is 10.1. The van der Waals surface area contributed by atoms with Gasteiger partial charge in [-0.05, 0) is 52.0 Å². The molecule has 0 bridgehead atoms. The monoisotopic (exact) mass is 279 g/mol. The minimum atomic E-state index is -0.438. The molecule has 0 N–H and O–H groups in total. The van der Waals surface area contributed by atoms with Crippen LogP contribution in [0.1, 0.15) is 38.1 Å². The zero-order valence-corrected chi connectivity index (χ0v) is 12.3. The summed E-state index contributed by atoms with van der Waals surface area (Å²) in [7, 11) is 0. The molecule has 102 valence electrons. The van der Waals surface area contributed by atoms with E-state index in [1.807, 2.05) is 13.8 Å². The number of hydrogen-bond donors (Lipinski definition) is 0. The first kappa shape index (κ1) is 15.3. The number of carbonyl (C=O) groups excluding carboxylic acids is 1. The highest BCUT2D eigenvalue weighted by molar-refractivity contribution is 7.78. The summed E-state index contributed by atoms with van der Waals surface area (Å²) in [5.41, 5.74) is 0.816. The third kappa shape index (κ3) is 4.47. The van der Waals surface area contributed by atoms with E-state index in [1.54, 1.807) is 32.0 Å². The Morgan fingerprint density at radius 1 is 1.26 bits per heavy atom. The van der Waals surface area contributed by atoms with E-state index in [0.717, 1.165) is 0 Å². The number of esters is 1. The van der Waals surface area contributed by atoms with Crippen LogP contribution in [0, 0.1) is 0 Å². The molecule has 1 rings (SSSR count). The van der Waals surface area contributed by atoms with Gasteiger partial charge in [0, 0.05) is 0 Å². The molecule has 0 unspecified atom stereocenters. The Morgan fingerprint density at radius 3 is 2.47 bits per heavy atom. The highest BCUT2D eigenvalue weighted by Crippen LogP contribution is 2.32. The molecule has 0 fully saturated rings. The average Bonchev–Trinajstić information content (AvgIpc) is 2.30. The van der Waals surface area contributed by atoms with Crippen LogP contribution in [0.5, 0.6) is 5.75 Å². The van der Waals surface area contributed by atoms with Crippen LogP contribution in [0.15, 0.2) is 23.2 Å². The minimum Gasteiger partial charge on any atom is -0.488 e. The maximum atomic E-state index is 12.0. The highest BCUT2D eigenvalue weighted by atomic mass is 32.1. The van der Waals surface area contributed by atoms with E-state index in [1.165, 1.54) is 0 Å². The van der Waals surface area contributed by atoms with Crippen molar-refractivity contribution in [3.63, 3.8) is 0 Å². The quantitative estimate of drug-likeness (QED) is 0.467. The zero-order valence-electron chi connectivity index (χ0n) is 11.5. The fourth-order valence-electron chi connectivity index (χ4n) is 1.46. The van der Waals surface area contributed by atoms with Gasteiger partial charge in [0.15, 0.2) is 5.75 Å². The molecule has 0 radical (unpaired) electrons. The van der Waals surface area contributed by atoms with Crippen LogP contribution in [0.25, 0.3) is 0 Å². The van der Waals surface area contributed by atoms with Gasteiger partial charge in [0.05, 0.1) is 17.4 Å². The number of hydrogen-bond acceptors (Lipinski definition) is 5. The van der Waals surface area contributed by atoms with Crippen molar-refractivity contribution < 1.29 is 14.3 Å². The second-order valence-corrected chi connectivity index (χ2v) is 4.66. The molecule has 1 aromatic carbocycles. The molecule has 0 aliphatic heterocycles. The van der Waals surface area contributed by atoms with Crippen molar-refractivity contribution in [2.24, 2.45) is 4.99 Å². The van der Waals surface area contributed by atoms with Crippen molar-refractivity contribution in [2.75, 3.05) is 0 Å². The molecule has 0 saturated heterocycles. The number of aliphatic imine (C=N–C) groups is 1. The van der Waals surface area contributed by atoms with E-state index in [9.17, 15) is 4.79 Å². The van der Waals surface area contributed by atoms with Crippen molar-refractivity contribution in [2.45, 2.75) is 39.9 Å². The molecular formula is C14H17NO3S. The maximum Gasteiger partial charge on any atom is 0.342 e. The van der Waals surface area contributed by atoms with Crippen LogP contribution >= 0.6 is 12.2 Å². The average molecular weight is 279 g/mol. The van der Waals surface area contributed by atoms with Crippen LogP contribution in [0.3, 0.4) is 0 Å². The summed E-state index contributed by atoms with van der Waals surface area (Å²) < 4.78 is 10.8. The molecule has 1 aromatic rings. The van der Waals surface area contributed by atoms with E-state index >= 15 is 0 Å². The standard InChI is InChI=1S/C14H17NO3S/c1-9(2)17-13-11(14(16)18-10(3)4)6-5-7-12(13)15-8-19/h5-7,9-10H,1-4H3. The maximum absolute atomic E-state index is 12.0. The minimum absolute atomic E-state index is 0.0907. The second kappa shape index (κ2) is 7.02. The van der Waals surface area contributed by atoms with Crippen molar-refractivity contribution in [3.05, 3.63) is 23.8 Å². The van der Waals surface area contributed by atoms with Crippen LogP contribution in [0.4, 0.5) is 5.69 Å².